The molecule has 0 radical (unpaired) electrons. The van der Waals surface area contributed by atoms with Crippen molar-refractivity contribution >= 4 is 15.9 Å². The lowest BCUT2D eigenvalue weighted by Gasteiger charge is -2.35. The topological polar surface area (TPSA) is 28.2 Å². The summed E-state index contributed by atoms with van der Waals surface area (Å²) >= 11 is 3.49. The van der Waals surface area contributed by atoms with Crippen LogP contribution in [0, 0.1) is 5.92 Å². The fraction of sp³-hybridized carbons (Fsp3) is 0.667. The number of nitrogens with one attached hydrogen (secondary N) is 1. The van der Waals surface area contributed by atoms with Crippen LogP contribution in [0.25, 0.3) is 0 Å². The van der Waals surface area contributed by atoms with Gasteiger partial charge in [-0.1, -0.05) is 19.9 Å². The van der Waals surface area contributed by atoms with Crippen LogP contribution in [0.5, 0.6) is 0 Å². The second kappa shape index (κ2) is 7.36. The summed E-state index contributed by atoms with van der Waals surface area (Å²) in [6.07, 6.45) is 2.45. The number of nitrogens with zero attached hydrogens (tertiary/aromatic N) is 2. The van der Waals surface area contributed by atoms with Gasteiger partial charge in [-0.05, 0) is 46.8 Å². The molecule has 106 valence electrons. The van der Waals surface area contributed by atoms with Crippen LogP contribution in [0.15, 0.2) is 22.8 Å². The van der Waals surface area contributed by atoms with Gasteiger partial charge < -0.3 is 5.32 Å². The summed E-state index contributed by atoms with van der Waals surface area (Å²) in [6.45, 7) is 9.01. The van der Waals surface area contributed by atoms with E-state index < -0.39 is 0 Å². The molecule has 1 aromatic rings. The van der Waals surface area contributed by atoms with E-state index in [-0.39, 0.29) is 0 Å². The van der Waals surface area contributed by atoms with E-state index in [0.717, 1.165) is 36.7 Å². The minimum Gasteiger partial charge on any atom is -0.314 e. The molecule has 0 amide bonds. The summed E-state index contributed by atoms with van der Waals surface area (Å²) < 4.78 is 0.940. The van der Waals surface area contributed by atoms with Crippen LogP contribution in [-0.4, -0.2) is 36.1 Å². The molecule has 0 unspecified atom stereocenters. The third-order valence-electron chi connectivity index (χ3n) is 3.69. The number of aromatic nitrogens is 1. The van der Waals surface area contributed by atoms with Gasteiger partial charge in [0.2, 0.25) is 0 Å². The zero-order valence-corrected chi connectivity index (χ0v) is 13.5. The highest BCUT2D eigenvalue weighted by Gasteiger charge is 2.23. The van der Waals surface area contributed by atoms with E-state index in [1.807, 2.05) is 6.07 Å². The van der Waals surface area contributed by atoms with Crippen molar-refractivity contribution in [1.29, 1.82) is 0 Å². The van der Waals surface area contributed by atoms with Crippen molar-refractivity contribution in [2.75, 3.05) is 26.2 Å². The highest BCUT2D eigenvalue weighted by atomic mass is 79.9. The van der Waals surface area contributed by atoms with E-state index >= 15 is 0 Å². The Labute approximate surface area is 124 Å². The summed E-state index contributed by atoms with van der Waals surface area (Å²) in [5, 5.41) is 3.43. The van der Waals surface area contributed by atoms with E-state index in [1.165, 1.54) is 18.5 Å². The highest BCUT2D eigenvalue weighted by Crippen LogP contribution is 2.27. The van der Waals surface area contributed by atoms with Crippen LogP contribution in [0.4, 0.5) is 0 Å². The zero-order chi connectivity index (χ0) is 13.7. The van der Waals surface area contributed by atoms with Gasteiger partial charge in [0.05, 0.1) is 11.7 Å². The minimum absolute atomic E-state index is 0.460. The Balaban J connectivity index is 2.12. The molecule has 0 bridgehead atoms. The molecule has 1 aliphatic heterocycles. The van der Waals surface area contributed by atoms with Crippen molar-refractivity contribution in [2.45, 2.75) is 32.7 Å². The lowest BCUT2D eigenvalue weighted by atomic mass is 9.99. The number of hydrogen-bond acceptors (Lipinski definition) is 3. The Bertz CT molecular complexity index is 389. The maximum absolute atomic E-state index is 4.68. The molecule has 1 atom stereocenters. The zero-order valence-electron chi connectivity index (χ0n) is 11.9. The largest absolute Gasteiger partial charge is 0.314 e. The van der Waals surface area contributed by atoms with Crippen LogP contribution < -0.4 is 5.32 Å². The fourth-order valence-corrected chi connectivity index (χ4v) is 2.97. The minimum atomic E-state index is 0.460. The van der Waals surface area contributed by atoms with Crippen LogP contribution in [-0.2, 0) is 0 Å². The number of piperazine rings is 1. The maximum atomic E-state index is 4.68. The Morgan fingerprint density at radius 3 is 2.63 bits per heavy atom. The normalized spacial score (nSPS) is 18.7. The van der Waals surface area contributed by atoms with Gasteiger partial charge in [-0.3, -0.25) is 4.90 Å². The summed E-state index contributed by atoms with van der Waals surface area (Å²) in [5.74, 6) is 0.748. The van der Waals surface area contributed by atoms with Gasteiger partial charge in [0.1, 0.15) is 4.60 Å². The van der Waals surface area contributed by atoms with Gasteiger partial charge >= 0.3 is 0 Å². The second-order valence-electron chi connectivity index (χ2n) is 5.66. The molecule has 1 aliphatic rings. The molecule has 2 rings (SSSR count). The molecule has 3 nitrogen and oxygen atoms in total. The average molecular weight is 326 g/mol. The molecular formula is C15H24BrN3. The van der Waals surface area contributed by atoms with Gasteiger partial charge in [0, 0.05) is 26.2 Å². The first-order valence-corrected chi connectivity index (χ1v) is 8.03. The molecular weight excluding hydrogens is 302 g/mol. The van der Waals surface area contributed by atoms with E-state index in [4.69, 9.17) is 0 Å². The standard InChI is InChI=1S/C15H24BrN3/c1-12(2)6-7-14(19-10-8-17-9-11-19)13-4-3-5-15(16)18-13/h3-5,12,14,17H,6-11H2,1-2H3/t14-/m1/s1. The molecule has 1 saturated heterocycles. The predicted octanol–water partition coefficient (Wildman–Crippen LogP) is 3.23. The van der Waals surface area contributed by atoms with Crippen LogP contribution >= 0.6 is 15.9 Å². The smallest absolute Gasteiger partial charge is 0.106 e. The number of halogens is 1. The third kappa shape index (κ3) is 4.55. The number of rotatable bonds is 5. The third-order valence-corrected chi connectivity index (χ3v) is 4.13. The molecule has 2 heterocycles. The average Bonchev–Trinajstić information content (AvgIpc) is 2.40. The molecule has 1 N–H and O–H groups in total. The first-order valence-electron chi connectivity index (χ1n) is 7.24. The summed E-state index contributed by atoms with van der Waals surface area (Å²) in [6, 6.07) is 6.72. The van der Waals surface area contributed by atoms with Gasteiger partial charge in [-0.25, -0.2) is 4.98 Å². The first kappa shape index (κ1) is 14.9. The molecule has 0 saturated carbocycles. The Hall–Kier alpha value is -0.450. The van der Waals surface area contributed by atoms with E-state index in [9.17, 15) is 0 Å². The van der Waals surface area contributed by atoms with Crippen molar-refractivity contribution in [3.8, 4) is 0 Å². The van der Waals surface area contributed by atoms with Crippen LogP contribution in [0.2, 0.25) is 0 Å². The number of hydrogen-bond donors (Lipinski definition) is 1. The van der Waals surface area contributed by atoms with E-state index in [1.54, 1.807) is 0 Å². The molecule has 0 aliphatic carbocycles. The van der Waals surface area contributed by atoms with Gasteiger partial charge in [-0.2, -0.15) is 0 Å². The number of pyridine rings is 1. The predicted molar refractivity (Wildman–Crippen MR) is 83.2 cm³/mol. The summed E-state index contributed by atoms with van der Waals surface area (Å²) in [5.41, 5.74) is 1.21. The lowest BCUT2D eigenvalue weighted by molar-refractivity contribution is 0.156. The quantitative estimate of drug-likeness (QED) is 0.842. The molecule has 19 heavy (non-hydrogen) atoms. The van der Waals surface area contributed by atoms with Crippen molar-refractivity contribution in [2.24, 2.45) is 5.92 Å². The SMILES string of the molecule is CC(C)CC[C@H](c1cccc(Br)n1)N1CCNCC1. The van der Waals surface area contributed by atoms with E-state index in [0.29, 0.717) is 6.04 Å². The van der Waals surface area contributed by atoms with Crippen molar-refractivity contribution in [3.05, 3.63) is 28.5 Å². The van der Waals surface area contributed by atoms with Crippen LogP contribution in [0.3, 0.4) is 0 Å². The van der Waals surface area contributed by atoms with E-state index in [2.05, 4.69) is 57.1 Å². The highest BCUT2D eigenvalue weighted by molar-refractivity contribution is 9.10. The summed E-state index contributed by atoms with van der Waals surface area (Å²) in [4.78, 5) is 7.26. The van der Waals surface area contributed by atoms with Gasteiger partial charge in [0.15, 0.2) is 0 Å². The lowest BCUT2D eigenvalue weighted by Crippen LogP contribution is -2.45. The Morgan fingerprint density at radius 1 is 1.26 bits per heavy atom. The van der Waals surface area contributed by atoms with Crippen molar-refractivity contribution in [3.63, 3.8) is 0 Å². The Kier molecular flexibility index (Phi) is 5.79. The van der Waals surface area contributed by atoms with Crippen LogP contribution in [0.1, 0.15) is 38.4 Å². The molecule has 4 heteroatoms. The molecule has 0 aromatic carbocycles. The van der Waals surface area contributed by atoms with Gasteiger partial charge in [0.25, 0.3) is 0 Å². The van der Waals surface area contributed by atoms with Crippen molar-refractivity contribution in [1.82, 2.24) is 15.2 Å². The first-order chi connectivity index (χ1) is 9.16. The molecule has 1 fully saturated rings. The van der Waals surface area contributed by atoms with Crippen molar-refractivity contribution < 1.29 is 0 Å². The monoisotopic (exact) mass is 325 g/mol. The molecule has 0 spiro atoms. The summed E-state index contributed by atoms with van der Waals surface area (Å²) in [7, 11) is 0. The maximum Gasteiger partial charge on any atom is 0.106 e. The fourth-order valence-electron chi connectivity index (χ4n) is 2.61. The molecule has 1 aromatic heterocycles. The van der Waals surface area contributed by atoms with Gasteiger partial charge in [-0.15, -0.1) is 0 Å². The second-order valence-corrected chi connectivity index (χ2v) is 6.47. The Morgan fingerprint density at radius 2 is 2.00 bits per heavy atom.